The summed E-state index contributed by atoms with van der Waals surface area (Å²) >= 11 is 0. The van der Waals surface area contributed by atoms with Crippen LogP contribution in [0.5, 0.6) is 11.5 Å². The van der Waals surface area contributed by atoms with Crippen LogP contribution in [0.4, 0.5) is 0 Å². The fraction of sp³-hybridized carbons (Fsp3) is 0.375. The van der Waals surface area contributed by atoms with Gasteiger partial charge in [0.1, 0.15) is 23.7 Å². The molecule has 6 nitrogen and oxygen atoms in total. The Balaban J connectivity index is 2.31. The minimum Gasteiger partial charge on any atom is -0.507 e. The molecular formula is C16H18O6. The van der Waals surface area contributed by atoms with Crippen molar-refractivity contribution in [3.05, 3.63) is 34.4 Å². The summed E-state index contributed by atoms with van der Waals surface area (Å²) in [5.74, 6) is -0.990. The number of cyclic esters (lactones) is 1. The van der Waals surface area contributed by atoms with Crippen molar-refractivity contribution in [2.75, 3.05) is 7.11 Å². The molecule has 1 aromatic carbocycles. The van der Waals surface area contributed by atoms with Crippen molar-refractivity contribution in [3.8, 4) is 11.5 Å². The number of carbonyl (C=O) groups is 2. The molecule has 0 amide bonds. The Bertz CT molecular complexity index is 645. The molecule has 0 fully saturated rings. The fourth-order valence-corrected chi connectivity index (χ4v) is 2.55. The van der Waals surface area contributed by atoms with Gasteiger partial charge in [0.25, 0.3) is 0 Å². The molecule has 0 unspecified atom stereocenters. The maximum Gasteiger partial charge on any atom is 0.342 e. The lowest BCUT2D eigenvalue weighted by Crippen LogP contribution is -2.03. The smallest absolute Gasteiger partial charge is 0.342 e. The zero-order chi connectivity index (χ0) is 16.3. The van der Waals surface area contributed by atoms with Crippen LogP contribution in [0.3, 0.4) is 0 Å². The van der Waals surface area contributed by atoms with Crippen molar-refractivity contribution in [1.82, 2.24) is 0 Å². The molecule has 0 saturated carbocycles. The van der Waals surface area contributed by atoms with Gasteiger partial charge in [0.15, 0.2) is 0 Å². The maximum absolute atomic E-state index is 11.7. The molecule has 6 heteroatoms. The second kappa shape index (κ2) is 6.51. The van der Waals surface area contributed by atoms with Crippen LogP contribution in [0.2, 0.25) is 0 Å². The highest BCUT2D eigenvalue weighted by atomic mass is 16.5. The third-order valence-electron chi connectivity index (χ3n) is 3.66. The summed E-state index contributed by atoms with van der Waals surface area (Å²) in [6.45, 7) is 1.95. The van der Waals surface area contributed by atoms with E-state index in [2.05, 4.69) is 0 Å². The van der Waals surface area contributed by atoms with Crippen LogP contribution in [-0.2, 0) is 22.6 Å². The Hall–Kier alpha value is -2.50. The number of carboxylic acid groups (broad SMARTS) is 1. The van der Waals surface area contributed by atoms with E-state index in [9.17, 15) is 14.7 Å². The predicted octanol–water partition coefficient (Wildman–Crippen LogP) is 2.34. The van der Waals surface area contributed by atoms with Crippen LogP contribution in [0.25, 0.3) is 0 Å². The van der Waals surface area contributed by atoms with Crippen molar-refractivity contribution >= 4 is 11.9 Å². The molecule has 1 aliphatic rings. The van der Waals surface area contributed by atoms with E-state index >= 15 is 0 Å². The van der Waals surface area contributed by atoms with Crippen LogP contribution in [-0.4, -0.2) is 29.3 Å². The second-order valence-electron chi connectivity index (χ2n) is 5.02. The number of hydrogen-bond donors (Lipinski definition) is 2. The third kappa shape index (κ3) is 2.90. The van der Waals surface area contributed by atoms with E-state index in [0.717, 1.165) is 5.56 Å². The van der Waals surface area contributed by atoms with Crippen molar-refractivity contribution < 1.29 is 29.3 Å². The number of ether oxygens (including phenoxy) is 2. The Morgan fingerprint density at radius 1 is 1.41 bits per heavy atom. The monoisotopic (exact) mass is 306 g/mol. The normalized spacial score (nSPS) is 13.3. The van der Waals surface area contributed by atoms with E-state index in [0.29, 0.717) is 29.7 Å². The minimum absolute atomic E-state index is 0.0508. The quantitative estimate of drug-likeness (QED) is 0.619. The number of aliphatic carboxylic acids is 1. The predicted molar refractivity (Wildman–Crippen MR) is 78.2 cm³/mol. The molecule has 118 valence electrons. The lowest BCUT2D eigenvalue weighted by Gasteiger charge is -2.15. The Morgan fingerprint density at radius 3 is 2.77 bits per heavy atom. The summed E-state index contributed by atoms with van der Waals surface area (Å²) in [6, 6.07) is 0. The first-order valence-electron chi connectivity index (χ1n) is 6.92. The highest BCUT2D eigenvalue weighted by molar-refractivity contribution is 5.98. The van der Waals surface area contributed by atoms with Crippen molar-refractivity contribution in [2.24, 2.45) is 0 Å². The molecule has 1 aliphatic heterocycles. The first-order valence-corrected chi connectivity index (χ1v) is 6.92. The zero-order valence-electron chi connectivity index (χ0n) is 12.5. The molecule has 0 spiro atoms. The number of fused-ring (bicyclic) bond motifs is 1. The highest BCUT2D eigenvalue weighted by Gasteiger charge is 2.31. The summed E-state index contributed by atoms with van der Waals surface area (Å²) in [4.78, 5) is 22.2. The molecule has 1 heterocycles. The summed E-state index contributed by atoms with van der Waals surface area (Å²) in [5.41, 5.74) is 2.13. The number of benzene rings is 1. The van der Waals surface area contributed by atoms with Crippen LogP contribution >= 0.6 is 0 Å². The van der Waals surface area contributed by atoms with Gasteiger partial charge in [-0.2, -0.15) is 0 Å². The topological polar surface area (TPSA) is 93.1 Å². The van der Waals surface area contributed by atoms with E-state index in [1.54, 1.807) is 12.2 Å². The zero-order valence-corrected chi connectivity index (χ0v) is 12.5. The SMILES string of the molecule is COc1c(C)c2c(c(O)c1C/C=C/CCC(=O)O)C(=O)OC2. The van der Waals surface area contributed by atoms with Gasteiger partial charge in [0.2, 0.25) is 0 Å². The molecule has 2 N–H and O–H groups in total. The van der Waals surface area contributed by atoms with Gasteiger partial charge in [-0.3, -0.25) is 4.79 Å². The summed E-state index contributed by atoms with van der Waals surface area (Å²) in [6.07, 6.45) is 4.29. The first kappa shape index (κ1) is 15.9. The summed E-state index contributed by atoms with van der Waals surface area (Å²) in [7, 11) is 1.50. The lowest BCUT2D eigenvalue weighted by atomic mass is 9.95. The molecule has 2 rings (SSSR count). The van der Waals surface area contributed by atoms with Gasteiger partial charge >= 0.3 is 11.9 Å². The fourth-order valence-electron chi connectivity index (χ4n) is 2.55. The molecule has 0 bridgehead atoms. The summed E-state index contributed by atoms with van der Waals surface area (Å²) < 4.78 is 10.3. The van der Waals surface area contributed by atoms with E-state index in [1.165, 1.54) is 7.11 Å². The lowest BCUT2D eigenvalue weighted by molar-refractivity contribution is -0.136. The van der Waals surface area contributed by atoms with Gasteiger partial charge < -0.3 is 19.7 Å². The number of methoxy groups -OCH3 is 1. The highest BCUT2D eigenvalue weighted by Crippen LogP contribution is 2.41. The molecular weight excluding hydrogens is 288 g/mol. The third-order valence-corrected chi connectivity index (χ3v) is 3.66. The number of carbonyl (C=O) groups excluding carboxylic acids is 1. The maximum atomic E-state index is 11.7. The molecule has 22 heavy (non-hydrogen) atoms. The Labute approximate surface area is 128 Å². The molecule has 0 radical (unpaired) electrons. The van der Waals surface area contributed by atoms with Crippen molar-refractivity contribution in [3.63, 3.8) is 0 Å². The number of carboxylic acids is 1. The van der Waals surface area contributed by atoms with E-state index in [4.69, 9.17) is 14.6 Å². The van der Waals surface area contributed by atoms with Crippen molar-refractivity contribution in [2.45, 2.75) is 32.8 Å². The van der Waals surface area contributed by atoms with Gasteiger partial charge in [-0.05, 0) is 25.3 Å². The Morgan fingerprint density at radius 2 is 2.14 bits per heavy atom. The van der Waals surface area contributed by atoms with E-state index < -0.39 is 11.9 Å². The molecule has 0 saturated heterocycles. The van der Waals surface area contributed by atoms with E-state index in [1.807, 2.05) is 6.92 Å². The standard InChI is InChI=1S/C16H18O6/c1-9-11-8-22-16(20)13(11)14(19)10(15(9)21-2)6-4-3-5-7-12(17)18/h3-4,19H,5-8H2,1-2H3,(H,17,18)/b4-3+. The van der Waals surface area contributed by atoms with Gasteiger partial charge in [-0.1, -0.05) is 12.2 Å². The van der Waals surface area contributed by atoms with Gasteiger partial charge in [0, 0.05) is 17.5 Å². The number of phenols is 1. The number of rotatable bonds is 6. The summed E-state index contributed by atoms with van der Waals surface area (Å²) in [5, 5.41) is 18.9. The number of aromatic hydroxyl groups is 1. The van der Waals surface area contributed by atoms with Crippen LogP contribution < -0.4 is 4.74 Å². The molecule has 0 aromatic heterocycles. The number of esters is 1. The van der Waals surface area contributed by atoms with E-state index in [-0.39, 0.29) is 24.3 Å². The number of allylic oxidation sites excluding steroid dienone is 2. The first-order chi connectivity index (χ1) is 10.5. The average Bonchev–Trinajstić information content (AvgIpc) is 2.86. The van der Waals surface area contributed by atoms with Crippen molar-refractivity contribution in [1.29, 1.82) is 0 Å². The molecule has 1 aromatic rings. The van der Waals surface area contributed by atoms with Crippen LogP contribution in [0, 0.1) is 6.92 Å². The van der Waals surface area contributed by atoms with Gasteiger partial charge in [0.05, 0.1) is 7.11 Å². The second-order valence-corrected chi connectivity index (χ2v) is 5.02. The van der Waals surface area contributed by atoms with Gasteiger partial charge in [-0.15, -0.1) is 0 Å². The number of hydrogen-bond acceptors (Lipinski definition) is 5. The van der Waals surface area contributed by atoms with Gasteiger partial charge in [-0.25, -0.2) is 4.79 Å². The molecule has 0 atom stereocenters. The number of phenolic OH excluding ortho intramolecular Hbond substituents is 1. The average molecular weight is 306 g/mol. The Kier molecular flexibility index (Phi) is 4.70. The van der Waals surface area contributed by atoms with Crippen LogP contribution in [0.15, 0.2) is 12.2 Å². The van der Waals surface area contributed by atoms with Crippen LogP contribution in [0.1, 0.15) is 39.9 Å². The largest absolute Gasteiger partial charge is 0.507 e. The molecule has 0 aliphatic carbocycles. The minimum atomic E-state index is -0.860.